The molecule has 0 fully saturated rings. The van der Waals surface area contributed by atoms with E-state index in [1.165, 1.54) is 49.4 Å². The lowest BCUT2D eigenvalue weighted by atomic mass is 9.85. The Kier molecular flexibility index (Phi) is 7.91. The number of rotatable bonds is 5. The van der Waals surface area contributed by atoms with Gasteiger partial charge in [-0.15, -0.1) is 0 Å². The van der Waals surface area contributed by atoms with Crippen molar-refractivity contribution < 1.29 is 9.15 Å². The molecule has 13 rings (SSSR count). The van der Waals surface area contributed by atoms with E-state index in [1.54, 1.807) is 0 Å². The summed E-state index contributed by atoms with van der Waals surface area (Å²) < 4.78 is 12.9. The highest BCUT2D eigenvalue weighted by atomic mass is 16.5. The van der Waals surface area contributed by atoms with Crippen LogP contribution in [0.4, 0.5) is 17.1 Å². The van der Waals surface area contributed by atoms with Gasteiger partial charge in [0.15, 0.2) is 11.5 Å². The molecule has 0 bridgehead atoms. The Bertz CT molecular complexity index is 3710. The zero-order valence-corrected chi connectivity index (χ0v) is 34.1. The number of benzene rings is 11. The predicted octanol–water partition coefficient (Wildman–Crippen LogP) is 17.3. The van der Waals surface area contributed by atoms with Crippen LogP contribution in [0.1, 0.15) is 0 Å². The van der Waals surface area contributed by atoms with Gasteiger partial charge in [0.25, 0.3) is 0 Å². The standard InChI is InChI=1S/C60H37NO2/c1-2-13-38(14-3-1)40-17-12-18-45(33-40)60-50-22-8-6-20-48(50)59(49-21-7-9-23-51(49)60)39-25-29-46(30-26-39)61-53-36-44(43-27-31-56-52(34-43)47-19-10-11-24-55(47)62-56)28-32-57(53)63-58-37-42-16-5-4-15-41(42)35-54(58)61/h1-37H. The van der Waals surface area contributed by atoms with Crippen molar-refractivity contribution in [1.29, 1.82) is 0 Å². The summed E-state index contributed by atoms with van der Waals surface area (Å²) >= 11 is 0. The highest BCUT2D eigenvalue weighted by Gasteiger charge is 2.28. The Morgan fingerprint density at radius 2 is 0.810 bits per heavy atom. The Labute approximate surface area is 364 Å². The monoisotopic (exact) mass is 803 g/mol. The molecule has 3 nitrogen and oxygen atoms in total. The van der Waals surface area contributed by atoms with E-state index in [4.69, 9.17) is 9.15 Å². The molecular weight excluding hydrogens is 767 g/mol. The van der Waals surface area contributed by atoms with Crippen LogP contribution in [0.15, 0.2) is 229 Å². The summed E-state index contributed by atoms with van der Waals surface area (Å²) in [7, 11) is 0. The van der Waals surface area contributed by atoms with E-state index in [0.29, 0.717) is 0 Å². The molecule has 0 atom stereocenters. The fourth-order valence-corrected chi connectivity index (χ4v) is 9.87. The number of fused-ring (bicyclic) bond motifs is 8. The third-order valence-corrected chi connectivity index (χ3v) is 12.8. The average Bonchev–Trinajstić information content (AvgIpc) is 3.72. The molecule has 1 aliphatic heterocycles. The molecule has 63 heavy (non-hydrogen) atoms. The smallest absolute Gasteiger partial charge is 0.152 e. The fraction of sp³-hybridized carbons (Fsp3) is 0. The highest BCUT2D eigenvalue weighted by molar-refractivity contribution is 6.21. The van der Waals surface area contributed by atoms with Crippen molar-refractivity contribution in [2.24, 2.45) is 0 Å². The van der Waals surface area contributed by atoms with Crippen LogP contribution in [0, 0.1) is 0 Å². The molecule has 0 unspecified atom stereocenters. The van der Waals surface area contributed by atoms with E-state index >= 15 is 0 Å². The summed E-state index contributed by atoms with van der Waals surface area (Å²) in [4.78, 5) is 2.36. The second kappa shape index (κ2) is 14.1. The van der Waals surface area contributed by atoms with Gasteiger partial charge in [0.2, 0.25) is 0 Å². The summed E-state index contributed by atoms with van der Waals surface area (Å²) in [5, 5.41) is 9.44. The third-order valence-electron chi connectivity index (χ3n) is 12.8. The zero-order valence-electron chi connectivity index (χ0n) is 34.1. The lowest BCUT2D eigenvalue weighted by molar-refractivity contribution is 0.478. The first kappa shape index (κ1) is 35.4. The van der Waals surface area contributed by atoms with Gasteiger partial charge in [-0.1, -0.05) is 164 Å². The number of hydrogen-bond acceptors (Lipinski definition) is 3. The lowest BCUT2D eigenvalue weighted by Crippen LogP contribution is -2.16. The number of furan rings is 1. The minimum absolute atomic E-state index is 0.810. The molecule has 0 spiro atoms. The molecule has 0 aliphatic carbocycles. The van der Waals surface area contributed by atoms with Gasteiger partial charge in [0.1, 0.15) is 11.2 Å². The largest absolute Gasteiger partial charge is 0.456 e. The predicted molar refractivity (Wildman–Crippen MR) is 263 cm³/mol. The van der Waals surface area contributed by atoms with Gasteiger partial charge < -0.3 is 14.1 Å². The Morgan fingerprint density at radius 1 is 0.286 bits per heavy atom. The van der Waals surface area contributed by atoms with E-state index < -0.39 is 0 Å². The van der Waals surface area contributed by atoms with Crippen LogP contribution in [0.5, 0.6) is 11.5 Å². The van der Waals surface area contributed by atoms with Gasteiger partial charge in [-0.2, -0.15) is 0 Å². The maximum Gasteiger partial charge on any atom is 0.152 e. The number of para-hydroxylation sites is 1. The van der Waals surface area contributed by atoms with Crippen molar-refractivity contribution in [3.05, 3.63) is 224 Å². The van der Waals surface area contributed by atoms with E-state index in [9.17, 15) is 0 Å². The van der Waals surface area contributed by atoms with Crippen molar-refractivity contribution in [2.75, 3.05) is 4.90 Å². The molecule has 0 saturated carbocycles. The number of nitrogens with zero attached hydrogens (tertiary/aromatic N) is 1. The molecule has 11 aromatic carbocycles. The Balaban J connectivity index is 0.965. The molecule has 294 valence electrons. The van der Waals surface area contributed by atoms with Gasteiger partial charge >= 0.3 is 0 Å². The van der Waals surface area contributed by atoms with E-state index in [-0.39, 0.29) is 0 Å². The first-order valence-electron chi connectivity index (χ1n) is 21.5. The zero-order chi connectivity index (χ0) is 41.4. The van der Waals surface area contributed by atoms with Gasteiger partial charge in [-0.3, -0.25) is 0 Å². The maximum atomic E-state index is 6.76. The molecule has 2 heterocycles. The number of ether oxygens (including phenoxy) is 1. The van der Waals surface area contributed by atoms with Crippen molar-refractivity contribution in [3.8, 4) is 56.0 Å². The quantitative estimate of drug-likeness (QED) is 0.162. The minimum Gasteiger partial charge on any atom is -0.456 e. The molecule has 0 amide bonds. The first-order valence-corrected chi connectivity index (χ1v) is 21.5. The van der Waals surface area contributed by atoms with Crippen molar-refractivity contribution >= 4 is 71.3 Å². The third kappa shape index (κ3) is 5.75. The summed E-state index contributed by atoms with van der Waals surface area (Å²) in [6.45, 7) is 0. The van der Waals surface area contributed by atoms with Gasteiger partial charge in [0.05, 0.1) is 11.4 Å². The summed E-state index contributed by atoms with van der Waals surface area (Å²) in [5.41, 5.74) is 14.3. The van der Waals surface area contributed by atoms with E-state index in [1.807, 2.05) is 12.1 Å². The van der Waals surface area contributed by atoms with Crippen LogP contribution in [-0.4, -0.2) is 0 Å². The molecule has 0 saturated heterocycles. The van der Waals surface area contributed by atoms with Crippen LogP contribution < -0.4 is 9.64 Å². The van der Waals surface area contributed by atoms with Crippen molar-refractivity contribution in [3.63, 3.8) is 0 Å². The maximum absolute atomic E-state index is 6.76. The molecule has 12 aromatic rings. The summed E-state index contributed by atoms with van der Waals surface area (Å²) in [6, 6.07) is 80.6. The average molecular weight is 804 g/mol. The Morgan fingerprint density at radius 3 is 1.56 bits per heavy atom. The molecular formula is C60H37NO2. The SMILES string of the molecule is c1ccc(-c2cccc(-c3c4ccccc4c(-c4ccc(N5c6cc(-c7ccc8oc9ccccc9c8c7)ccc6Oc6cc7ccccc7cc65)cc4)c4ccccc34)c2)cc1. The number of anilines is 3. The second-order valence-electron chi connectivity index (χ2n) is 16.4. The molecule has 1 aromatic heterocycles. The van der Waals surface area contributed by atoms with Crippen LogP contribution in [-0.2, 0) is 0 Å². The Hall–Kier alpha value is -8.40. The van der Waals surface area contributed by atoms with Crippen molar-refractivity contribution in [1.82, 2.24) is 0 Å². The van der Waals surface area contributed by atoms with Crippen molar-refractivity contribution in [2.45, 2.75) is 0 Å². The van der Waals surface area contributed by atoms with Crippen LogP contribution in [0.25, 0.3) is 98.8 Å². The second-order valence-corrected chi connectivity index (χ2v) is 16.4. The normalized spacial score (nSPS) is 12.2. The topological polar surface area (TPSA) is 25.6 Å². The van der Waals surface area contributed by atoms with Gasteiger partial charge in [-0.05, 0) is 137 Å². The van der Waals surface area contributed by atoms with E-state index in [2.05, 4.69) is 217 Å². The molecule has 0 N–H and O–H groups in total. The fourth-order valence-electron chi connectivity index (χ4n) is 9.87. The molecule has 1 aliphatic rings. The highest BCUT2D eigenvalue weighted by Crippen LogP contribution is 2.53. The van der Waals surface area contributed by atoms with E-state index in [0.717, 1.165) is 78.0 Å². The number of hydrogen-bond donors (Lipinski definition) is 0. The molecule has 0 radical (unpaired) electrons. The minimum atomic E-state index is 0.810. The summed E-state index contributed by atoms with van der Waals surface area (Å²) in [6.07, 6.45) is 0. The lowest BCUT2D eigenvalue weighted by Gasteiger charge is -2.33. The first-order chi connectivity index (χ1) is 31.2. The summed E-state index contributed by atoms with van der Waals surface area (Å²) in [5.74, 6) is 1.64. The van der Waals surface area contributed by atoms with Gasteiger partial charge in [-0.25, -0.2) is 0 Å². The van der Waals surface area contributed by atoms with Crippen LogP contribution in [0.2, 0.25) is 0 Å². The van der Waals surface area contributed by atoms with Crippen LogP contribution >= 0.6 is 0 Å². The van der Waals surface area contributed by atoms with Gasteiger partial charge in [0, 0.05) is 16.5 Å². The molecule has 3 heteroatoms. The van der Waals surface area contributed by atoms with Crippen LogP contribution in [0.3, 0.4) is 0 Å².